The van der Waals surface area contributed by atoms with Crippen LogP contribution in [0.2, 0.25) is 5.02 Å². The third-order valence-corrected chi connectivity index (χ3v) is 1.84. The second kappa shape index (κ2) is 5.86. The zero-order valence-electron chi connectivity index (χ0n) is 8.00. The molecule has 0 spiro atoms. The minimum Gasteiger partial charge on any atom is -0.477 e. The van der Waals surface area contributed by atoms with Gasteiger partial charge in [-0.2, -0.15) is 0 Å². The third-order valence-electron chi connectivity index (χ3n) is 1.54. The molecule has 0 heterocycles. The first-order chi connectivity index (χ1) is 7.29. The van der Waals surface area contributed by atoms with Crippen LogP contribution in [0.5, 0.6) is 11.5 Å². The molecule has 76 valence electrons. The Bertz CT molecular complexity index is 413. The molecule has 0 saturated heterocycles. The molecule has 1 rings (SSSR count). The highest BCUT2D eigenvalue weighted by Crippen LogP contribution is 2.34. The molecule has 0 bridgehead atoms. The number of para-hydroxylation sites is 1. The highest BCUT2D eigenvalue weighted by atomic mass is 35.5. The number of terminal acetylenes is 2. The predicted octanol–water partition coefficient (Wildman–Crippen LogP) is 2.36. The quantitative estimate of drug-likeness (QED) is 0.726. The molecule has 0 aromatic heterocycles. The van der Waals surface area contributed by atoms with Crippen LogP contribution in [0.25, 0.3) is 0 Å². The molecule has 0 aliphatic rings. The Hall–Kier alpha value is -1.77. The summed E-state index contributed by atoms with van der Waals surface area (Å²) in [6.07, 6.45) is 10.2. The minimum absolute atomic E-state index is 0.135. The number of ether oxygens (including phenoxy) is 2. The average Bonchev–Trinajstić information content (AvgIpc) is 2.25. The molecule has 1 aromatic carbocycles. The van der Waals surface area contributed by atoms with Gasteiger partial charge in [0.1, 0.15) is 13.2 Å². The lowest BCUT2D eigenvalue weighted by molar-refractivity contribution is 0.315. The van der Waals surface area contributed by atoms with Gasteiger partial charge in [-0.05, 0) is 12.1 Å². The van der Waals surface area contributed by atoms with E-state index in [1.807, 2.05) is 0 Å². The van der Waals surface area contributed by atoms with Crippen molar-refractivity contribution < 1.29 is 9.47 Å². The van der Waals surface area contributed by atoms with E-state index in [2.05, 4.69) is 11.8 Å². The Kier molecular flexibility index (Phi) is 4.41. The van der Waals surface area contributed by atoms with Crippen molar-refractivity contribution in [2.24, 2.45) is 0 Å². The molecule has 0 saturated carbocycles. The Labute approximate surface area is 94.1 Å². The van der Waals surface area contributed by atoms with Gasteiger partial charge in [-0.25, -0.2) is 0 Å². The average molecular weight is 221 g/mol. The van der Waals surface area contributed by atoms with E-state index in [9.17, 15) is 0 Å². The summed E-state index contributed by atoms with van der Waals surface area (Å²) >= 11 is 5.92. The number of benzene rings is 1. The molecule has 0 unspecified atom stereocenters. The highest BCUT2D eigenvalue weighted by Gasteiger charge is 2.08. The molecule has 0 N–H and O–H groups in total. The zero-order chi connectivity index (χ0) is 11.1. The van der Waals surface area contributed by atoms with E-state index in [0.717, 1.165) is 0 Å². The topological polar surface area (TPSA) is 18.5 Å². The van der Waals surface area contributed by atoms with Crippen molar-refractivity contribution >= 4 is 11.6 Å². The van der Waals surface area contributed by atoms with Crippen LogP contribution in [-0.4, -0.2) is 13.2 Å². The maximum atomic E-state index is 5.92. The second-order valence-electron chi connectivity index (χ2n) is 2.55. The molecule has 0 atom stereocenters. The number of hydrogen-bond acceptors (Lipinski definition) is 2. The first kappa shape index (κ1) is 11.3. The number of hydrogen-bond donors (Lipinski definition) is 0. The first-order valence-corrected chi connectivity index (χ1v) is 4.58. The standard InChI is InChI=1S/C12H9ClO2/c1-3-8-14-11-7-5-6-10(13)12(11)15-9-4-2/h1-2,5-7H,8-9H2. The van der Waals surface area contributed by atoms with Gasteiger partial charge in [0.05, 0.1) is 5.02 Å². The van der Waals surface area contributed by atoms with Gasteiger partial charge < -0.3 is 9.47 Å². The molecule has 0 aliphatic carbocycles. The lowest BCUT2D eigenvalue weighted by Gasteiger charge is -2.10. The van der Waals surface area contributed by atoms with Crippen molar-refractivity contribution in [2.45, 2.75) is 0 Å². The lowest BCUT2D eigenvalue weighted by atomic mass is 10.3. The Morgan fingerprint density at radius 1 is 1.13 bits per heavy atom. The summed E-state index contributed by atoms with van der Waals surface area (Å²) in [5.74, 6) is 5.63. The van der Waals surface area contributed by atoms with E-state index in [-0.39, 0.29) is 13.2 Å². The van der Waals surface area contributed by atoms with Crippen molar-refractivity contribution in [2.75, 3.05) is 13.2 Å². The Balaban J connectivity index is 2.89. The minimum atomic E-state index is 0.135. The van der Waals surface area contributed by atoms with Crippen LogP contribution in [0.4, 0.5) is 0 Å². The normalized spacial score (nSPS) is 8.73. The SMILES string of the molecule is C#CCOc1cccc(Cl)c1OCC#C. The van der Waals surface area contributed by atoms with Gasteiger partial charge in [0.15, 0.2) is 11.5 Å². The largest absolute Gasteiger partial charge is 0.477 e. The van der Waals surface area contributed by atoms with Crippen LogP contribution in [0.15, 0.2) is 18.2 Å². The van der Waals surface area contributed by atoms with Crippen molar-refractivity contribution in [3.8, 4) is 36.2 Å². The van der Waals surface area contributed by atoms with Gasteiger partial charge in [-0.15, -0.1) is 12.8 Å². The fourth-order valence-electron chi connectivity index (χ4n) is 0.976. The van der Waals surface area contributed by atoms with Crippen molar-refractivity contribution in [1.82, 2.24) is 0 Å². The van der Waals surface area contributed by atoms with Crippen LogP contribution in [0, 0.1) is 24.7 Å². The van der Waals surface area contributed by atoms with Gasteiger partial charge in [0, 0.05) is 0 Å². The summed E-state index contributed by atoms with van der Waals surface area (Å²) in [5.41, 5.74) is 0. The summed E-state index contributed by atoms with van der Waals surface area (Å²) in [6.45, 7) is 0.295. The Morgan fingerprint density at radius 2 is 1.80 bits per heavy atom. The van der Waals surface area contributed by atoms with Crippen LogP contribution in [0.1, 0.15) is 0 Å². The van der Waals surface area contributed by atoms with Gasteiger partial charge in [0.2, 0.25) is 0 Å². The molecule has 0 fully saturated rings. The molecular formula is C12H9ClO2. The van der Waals surface area contributed by atoms with Crippen LogP contribution in [-0.2, 0) is 0 Å². The van der Waals surface area contributed by atoms with E-state index in [4.69, 9.17) is 33.9 Å². The monoisotopic (exact) mass is 220 g/mol. The molecule has 3 heteroatoms. The Morgan fingerprint density at radius 3 is 2.47 bits per heavy atom. The zero-order valence-corrected chi connectivity index (χ0v) is 8.75. The summed E-state index contributed by atoms with van der Waals surface area (Å²) < 4.78 is 10.5. The molecule has 1 aromatic rings. The van der Waals surface area contributed by atoms with Crippen LogP contribution in [0.3, 0.4) is 0 Å². The summed E-state index contributed by atoms with van der Waals surface area (Å²) in [6, 6.07) is 5.15. The number of rotatable bonds is 4. The van der Waals surface area contributed by atoms with Gasteiger partial charge in [-0.1, -0.05) is 29.5 Å². The summed E-state index contributed by atoms with van der Waals surface area (Å²) in [7, 11) is 0. The van der Waals surface area contributed by atoms with E-state index < -0.39 is 0 Å². The summed E-state index contributed by atoms with van der Waals surface area (Å²) in [5, 5.41) is 0.444. The fraction of sp³-hybridized carbons (Fsp3) is 0.167. The summed E-state index contributed by atoms with van der Waals surface area (Å²) in [4.78, 5) is 0. The van der Waals surface area contributed by atoms with E-state index in [1.165, 1.54) is 0 Å². The molecule has 0 amide bonds. The third kappa shape index (κ3) is 3.13. The van der Waals surface area contributed by atoms with Gasteiger partial charge in [0.25, 0.3) is 0 Å². The maximum absolute atomic E-state index is 5.92. The number of halogens is 1. The fourth-order valence-corrected chi connectivity index (χ4v) is 1.20. The second-order valence-corrected chi connectivity index (χ2v) is 2.96. The van der Waals surface area contributed by atoms with Gasteiger partial charge in [-0.3, -0.25) is 0 Å². The molecule has 0 radical (unpaired) electrons. The van der Waals surface area contributed by atoms with E-state index >= 15 is 0 Å². The maximum Gasteiger partial charge on any atom is 0.181 e. The smallest absolute Gasteiger partial charge is 0.181 e. The van der Waals surface area contributed by atoms with E-state index in [0.29, 0.717) is 16.5 Å². The molecule has 15 heavy (non-hydrogen) atoms. The van der Waals surface area contributed by atoms with Crippen LogP contribution >= 0.6 is 11.6 Å². The molecular weight excluding hydrogens is 212 g/mol. The predicted molar refractivity (Wildman–Crippen MR) is 60.1 cm³/mol. The lowest BCUT2D eigenvalue weighted by Crippen LogP contribution is -2.00. The van der Waals surface area contributed by atoms with E-state index in [1.54, 1.807) is 18.2 Å². The van der Waals surface area contributed by atoms with Crippen molar-refractivity contribution in [1.29, 1.82) is 0 Å². The van der Waals surface area contributed by atoms with Crippen LogP contribution < -0.4 is 9.47 Å². The highest BCUT2D eigenvalue weighted by molar-refractivity contribution is 6.32. The molecule has 2 nitrogen and oxygen atoms in total. The van der Waals surface area contributed by atoms with Crippen molar-refractivity contribution in [3.05, 3.63) is 23.2 Å². The van der Waals surface area contributed by atoms with Crippen molar-refractivity contribution in [3.63, 3.8) is 0 Å². The first-order valence-electron chi connectivity index (χ1n) is 4.20. The van der Waals surface area contributed by atoms with Gasteiger partial charge >= 0.3 is 0 Å². The molecule has 0 aliphatic heterocycles.